The van der Waals surface area contributed by atoms with Gasteiger partial charge in [-0.3, -0.25) is 9.59 Å². The predicted molar refractivity (Wildman–Crippen MR) is 284 cm³/mol. The molecule has 8 nitrogen and oxygen atoms in total. The summed E-state index contributed by atoms with van der Waals surface area (Å²) in [5.74, 6) is -1.48. The zero-order valence-corrected chi connectivity index (χ0v) is 44.3. The van der Waals surface area contributed by atoms with E-state index in [2.05, 4.69) is 74.6 Å². The van der Waals surface area contributed by atoms with Crippen LogP contribution >= 0.6 is 0 Å². The van der Waals surface area contributed by atoms with Crippen LogP contribution < -0.4 is 0 Å². The molecule has 0 heterocycles. The second-order valence-electron chi connectivity index (χ2n) is 19.8. The molecule has 0 radical (unpaired) electrons. The van der Waals surface area contributed by atoms with E-state index in [1.165, 1.54) is 141 Å². The van der Waals surface area contributed by atoms with Crippen LogP contribution in [0.4, 0.5) is 0 Å². The van der Waals surface area contributed by atoms with E-state index in [0.29, 0.717) is 19.3 Å². The molecular formula is C59H106NO7+. The number of likely N-dealkylation sites (N-methyl/N-ethyl adjacent to an activating group) is 1. The van der Waals surface area contributed by atoms with Gasteiger partial charge in [0.2, 0.25) is 0 Å². The van der Waals surface area contributed by atoms with E-state index in [4.69, 9.17) is 14.2 Å². The van der Waals surface area contributed by atoms with Crippen LogP contribution in [0.15, 0.2) is 60.8 Å². The molecular weight excluding hydrogens is 835 g/mol. The first-order chi connectivity index (χ1) is 32.6. The van der Waals surface area contributed by atoms with Crippen molar-refractivity contribution >= 4 is 17.9 Å². The first-order valence-electron chi connectivity index (χ1n) is 27.8. The van der Waals surface area contributed by atoms with E-state index < -0.39 is 18.1 Å². The number of carbonyl (C=O) groups excluding carboxylic acids is 2. The van der Waals surface area contributed by atoms with Gasteiger partial charge in [-0.25, -0.2) is 4.79 Å². The normalized spacial score (nSPS) is 13.3. The molecule has 0 aromatic carbocycles. The van der Waals surface area contributed by atoms with Crippen LogP contribution in [0.2, 0.25) is 0 Å². The van der Waals surface area contributed by atoms with Gasteiger partial charge in [0.05, 0.1) is 34.4 Å². The van der Waals surface area contributed by atoms with Gasteiger partial charge in [0, 0.05) is 19.3 Å². The standard InChI is InChI=1S/C59H105NO7/c1-6-8-10-12-14-16-18-20-22-24-26-28-29-30-32-34-36-38-40-42-44-46-48-50-58(62)67-55(53-65-52-51-56(59(63)64)60(3,4)5)54-66-57(61)49-47-45-43-41-39-37-35-33-31-27-25-23-21-19-17-15-13-11-9-7-2/h9,11,15,17,21,23,26,28,30,32,55-56H,6-8,10,12-14,16,18-20,22,24-25,27,29,31,33-54H2,1-5H3/p+1/b11-9+,17-15+,23-21+,28-26+,32-30+. The van der Waals surface area contributed by atoms with Crippen LogP contribution in [0, 0.1) is 0 Å². The first-order valence-corrected chi connectivity index (χ1v) is 27.8. The smallest absolute Gasteiger partial charge is 0.362 e. The Hall–Kier alpha value is -2.97. The van der Waals surface area contributed by atoms with Crippen molar-refractivity contribution in [2.75, 3.05) is 41.0 Å². The molecule has 67 heavy (non-hydrogen) atoms. The third-order valence-corrected chi connectivity index (χ3v) is 12.4. The lowest BCUT2D eigenvalue weighted by molar-refractivity contribution is -0.887. The van der Waals surface area contributed by atoms with Crippen LogP contribution in [0.5, 0.6) is 0 Å². The SMILES string of the molecule is CC/C=C/C/C=C/C/C=C/CCCCCCCCCCCCC(=O)OCC(COCCC(C(=O)O)[N+](C)(C)C)OC(=O)CCCCCCCCC/C=C/C/C=C/CCCCCCCCCCC. The van der Waals surface area contributed by atoms with Gasteiger partial charge in [-0.15, -0.1) is 0 Å². The fraction of sp³-hybridized carbons (Fsp3) is 0.780. The van der Waals surface area contributed by atoms with E-state index >= 15 is 0 Å². The topological polar surface area (TPSA) is 99.1 Å². The fourth-order valence-electron chi connectivity index (χ4n) is 8.14. The zero-order chi connectivity index (χ0) is 49.2. The van der Waals surface area contributed by atoms with E-state index in [1.807, 2.05) is 21.1 Å². The van der Waals surface area contributed by atoms with Crippen LogP contribution in [0.1, 0.15) is 245 Å². The van der Waals surface area contributed by atoms with E-state index in [1.54, 1.807) is 0 Å². The van der Waals surface area contributed by atoms with Crippen LogP contribution in [0.25, 0.3) is 0 Å². The number of carboxylic acid groups (broad SMARTS) is 1. The third kappa shape index (κ3) is 47.9. The number of hydrogen-bond acceptors (Lipinski definition) is 6. The van der Waals surface area contributed by atoms with Crippen molar-refractivity contribution in [3.8, 4) is 0 Å². The molecule has 0 fully saturated rings. The first kappa shape index (κ1) is 64.0. The Balaban J connectivity index is 4.21. The number of quaternary nitrogens is 1. The van der Waals surface area contributed by atoms with Crippen LogP contribution in [0.3, 0.4) is 0 Å². The molecule has 2 unspecified atom stereocenters. The van der Waals surface area contributed by atoms with E-state index in [9.17, 15) is 19.5 Å². The maximum atomic E-state index is 12.8. The lowest BCUT2D eigenvalue weighted by Crippen LogP contribution is -2.50. The Morgan fingerprint density at radius 1 is 0.463 bits per heavy atom. The second-order valence-corrected chi connectivity index (χ2v) is 19.8. The van der Waals surface area contributed by atoms with Crippen LogP contribution in [-0.2, 0) is 28.6 Å². The minimum atomic E-state index is -0.876. The van der Waals surface area contributed by atoms with Gasteiger partial charge in [-0.05, 0) is 77.0 Å². The molecule has 0 aromatic heterocycles. The number of allylic oxidation sites excluding steroid dienone is 10. The fourth-order valence-corrected chi connectivity index (χ4v) is 8.14. The maximum absolute atomic E-state index is 12.8. The summed E-state index contributed by atoms with van der Waals surface area (Å²) < 4.78 is 17.4. The molecule has 8 heteroatoms. The number of ether oxygens (including phenoxy) is 3. The molecule has 0 aliphatic heterocycles. The summed E-state index contributed by atoms with van der Waals surface area (Å²) in [5.41, 5.74) is 0. The molecule has 388 valence electrons. The summed E-state index contributed by atoms with van der Waals surface area (Å²) in [6.07, 6.45) is 62.8. The Morgan fingerprint density at radius 3 is 1.24 bits per heavy atom. The summed E-state index contributed by atoms with van der Waals surface area (Å²) in [5, 5.41) is 9.67. The van der Waals surface area contributed by atoms with Crippen molar-refractivity contribution in [3.63, 3.8) is 0 Å². The highest BCUT2D eigenvalue weighted by molar-refractivity contribution is 5.72. The van der Waals surface area contributed by atoms with Crippen molar-refractivity contribution in [1.29, 1.82) is 0 Å². The predicted octanol–water partition coefficient (Wildman–Crippen LogP) is 16.5. The number of carboxylic acids is 1. The van der Waals surface area contributed by atoms with Gasteiger partial charge >= 0.3 is 17.9 Å². The maximum Gasteiger partial charge on any atom is 0.362 e. The van der Waals surface area contributed by atoms with Crippen molar-refractivity contribution in [1.82, 2.24) is 0 Å². The molecule has 0 saturated heterocycles. The minimum Gasteiger partial charge on any atom is -0.477 e. The van der Waals surface area contributed by atoms with Gasteiger partial charge in [0.1, 0.15) is 6.61 Å². The molecule has 2 atom stereocenters. The summed E-state index contributed by atoms with van der Waals surface area (Å²) >= 11 is 0. The zero-order valence-electron chi connectivity index (χ0n) is 44.3. The van der Waals surface area contributed by atoms with Crippen molar-refractivity contribution in [2.45, 2.75) is 257 Å². The lowest BCUT2D eigenvalue weighted by Gasteiger charge is -2.31. The molecule has 0 bridgehead atoms. The molecule has 0 spiro atoms. The molecule has 0 aromatic rings. The highest BCUT2D eigenvalue weighted by atomic mass is 16.6. The number of carbonyl (C=O) groups is 3. The second kappa shape index (κ2) is 49.5. The Morgan fingerprint density at radius 2 is 0.836 bits per heavy atom. The average molecular weight is 941 g/mol. The number of unbranched alkanes of at least 4 members (excludes halogenated alkanes) is 26. The quantitative estimate of drug-likeness (QED) is 0.0281. The largest absolute Gasteiger partial charge is 0.477 e. The van der Waals surface area contributed by atoms with Crippen molar-refractivity contribution < 1.29 is 38.2 Å². The molecule has 0 amide bonds. The summed E-state index contributed by atoms with van der Waals surface area (Å²) in [6.45, 7) is 4.64. The van der Waals surface area contributed by atoms with Gasteiger partial charge in [0.25, 0.3) is 0 Å². The summed E-state index contributed by atoms with van der Waals surface area (Å²) in [4.78, 5) is 37.3. The van der Waals surface area contributed by atoms with Gasteiger partial charge in [0.15, 0.2) is 12.1 Å². The molecule has 0 aliphatic carbocycles. The van der Waals surface area contributed by atoms with Crippen LogP contribution in [-0.4, -0.2) is 80.6 Å². The average Bonchev–Trinajstić information content (AvgIpc) is 3.29. The number of aliphatic carboxylic acids is 1. The number of rotatable bonds is 50. The monoisotopic (exact) mass is 941 g/mol. The third-order valence-electron chi connectivity index (χ3n) is 12.4. The molecule has 1 N–H and O–H groups in total. The van der Waals surface area contributed by atoms with Gasteiger partial charge in [-0.2, -0.15) is 0 Å². The molecule has 0 saturated carbocycles. The minimum absolute atomic E-state index is 0.0558. The molecule has 0 rings (SSSR count). The highest BCUT2D eigenvalue weighted by Crippen LogP contribution is 2.16. The number of hydrogen-bond donors (Lipinski definition) is 1. The Kier molecular flexibility index (Phi) is 47.3. The molecule has 0 aliphatic rings. The highest BCUT2D eigenvalue weighted by Gasteiger charge is 2.31. The van der Waals surface area contributed by atoms with Gasteiger partial charge < -0.3 is 23.8 Å². The summed E-state index contributed by atoms with van der Waals surface area (Å²) in [7, 11) is 5.54. The Labute approximate surface area is 413 Å². The van der Waals surface area contributed by atoms with Gasteiger partial charge in [-0.1, -0.05) is 209 Å². The van der Waals surface area contributed by atoms with E-state index in [0.717, 1.165) is 70.6 Å². The summed E-state index contributed by atoms with van der Waals surface area (Å²) in [6, 6.07) is -0.619. The number of esters is 2. The van der Waals surface area contributed by atoms with Crippen molar-refractivity contribution in [2.24, 2.45) is 0 Å². The van der Waals surface area contributed by atoms with Crippen molar-refractivity contribution in [3.05, 3.63) is 60.8 Å². The number of nitrogens with zero attached hydrogens (tertiary/aromatic N) is 1. The van der Waals surface area contributed by atoms with E-state index in [-0.39, 0.29) is 36.2 Å². The lowest BCUT2D eigenvalue weighted by atomic mass is 10.1. The Bertz CT molecular complexity index is 1280.